The highest BCUT2D eigenvalue weighted by Crippen LogP contribution is 2.29. The zero-order valence-corrected chi connectivity index (χ0v) is 22.1. The van der Waals surface area contributed by atoms with Crippen molar-refractivity contribution in [3.63, 3.8) is 0 Å². The average molecular weight is 563 g/mol. The molecule has 0 saturated carbocycles. The van der Waals surface area contributed by atoms with Crippen molar-refractivity contribution < 1.29 is 19.5 Å². The van der Waals surface area contributed by atoms with Crippen molar-refractivity contribution >= 4 is 52.6 Å². The Bertz CT molecular complexity index is 1460. The molecule has 0 aliphatic rings. The van der Waals surface area contributed by atoms with Gasteiger partial charge in [-0.1, -0.05) is 83.9 Å². The third kappa shape index (κ3) is 7.63. The Morgan fingerprint density at radius 1 is 0.821 bits per heavy atom. The van der Waals surface area contributed by atoms with Crippen LogP contribution in [0.15, 0.2) is 85.2 Å². The highest BCUT2D eigenvalue weighted by atomic mass is 35.5. The van der Waals surface area contributed by atoms with E-state index in [-0.39, 0.29) is 23.2 Å². The number of amides is 2. The van der Waals surface area contributed by atoms with Gasteiger partial charge in [-0.3, -0.25) is 14.9 Å². The number of carbonyl (C=O) groups excluding carboxylic acids is 2. The molecule has 0 bridgehead atoms. The number of rotatable bonds is 10. The predicted octanol–water partition coefficient (Wildman–Crippen LogP) is 7.00. The number of ketones is 1. The summed E-state index contributed by atoms with van der Waals surface area (Å²) >= 11 is 12.0. The van der Waals surface area contributed by atoms with Crippen LogP contribution in [0.1, 0.15) is 28.8 Å². The Morgan fingerprint density at radius 3 is 2.18 bits per heavy atom. The van der Waals surface area contributed by atoms with Gasteiger partial charge in [0, 0.05) is 29.9 Å². The van der Waals surface area contributed by atoms with Gasteiger partial charge in [-0.2, -0.15) is 0 Å². The van der Waals surface area contributed by atoms with Gasteiger partial charge in [0.2, 0.25) is 5.95 Å². The van der Waals surface area contributed by atoms with Crippen LogP contribution in [0.3, 0.4) is 0 Å². The monoisotopic (exact) mass is 562 g/mol. The average Bonchev–Trinajstić information content (AvgIpc) is 2.94. The van der Waals surface area contributed by atoms with E-state index in [1.807, 2.05) is 30.3 Å². The molecule has 0 aliphatic heterocycles. The molecule has 39 heavy (non-hydrogen) atoms. The topological polar surface area (TPSA) is 121 Å². The van der Waals surface area contributed by atoms with Crippen molar-refractivity contribution in [3.05, 3.63) is 106 Å². The Labute approximate surface area is 235 Å². The smallest absolute Gasteiger partial charge is 0.326 e. The zero-order chi connectivity index (χ0) is 27.8. The number of Topliss-reactive ketones (excluding diaryl/α,β-unsaturated/α-hetero) is 1. The molecule has 4 rings (SSSR count). The largest absolute Gasteiger partial charge is 0.481 e. The molecule has 1 unspecified atom stereocenters. The van der Waals surface area contributed by atoms with Crippen LogP contribution in [0.25, 0.3) is 11.1 Å². The number of halogens is 2. The highest BCUT2D eigenvalue weighted by Gasteiger charge is 2.22. The minimum Gasteiger partial charge on any atom is -0.481 e. The van der Waals surface area contributed by atoms with Crippen LogP contribution in [0, 0.1) is 5.92 Å². The third-order valence-electron chi connectivity index (χ3n) is 6.02. The van der Waals surface area contributed by atoms with Gasteiger partial charge in [-0.05, 0) is 36.1 Å². The van der Waals surface area contributed by atoms with Crippen LogP contribution >= 0.6 is 23.2 Å². The molecule has 3 N–H and O–H groups in total. The van der Waals surface area contributed by atoms with E-state index in [0.29, 0.717) is 34.7 Å². The molecular weight excluding hydrogens is 539 g/mol. The van der Waals surface area contributed by atoms with Gasteiger partial charge < -0.3 is 10.4 Å². The van der Waals surface area contributed by atoms with Crippen molar-refractivity contribution in [2.45, 2.75) is 19.3 Å². The first-order chi connectivity index (χ1) is 18.8. The van der Waals surface area contributed by atoms with Crippen molar-refractivity contribution in [3.8, 4) is 11.1 Å². The summed E-state index contributed by atoms with van der Waals surface area (Å²) in [6.45, 7) is 0. The maximum atomic E-state index is 12.8. The first-order valence-corrected chi connectivity index (χ1v) is 12.8. The number of hydrogen-bond acceptors (Lipinski definition) is 5. The zero-order valence-electron chi connectivity index (χ0n) is 20.6. The molecule has 4 aromatic rings. The van der Waals surface area contributed by atoms with E-state index in [1.165, 1.54) is 12.4 Å². The second-order valence-corrected chi connectivity index (χ2v) is 9.53. The molecule has 0 saturated heterocycles. The number of benzene rings is 3. The van der Waals surface area contributed by atoms with Gasteiger partial charge in [0.05, 0.1) is 21.7 Å². The Morgan fingerprint density at radius 2 is 1.51 bits per heavy atom. The normalized spacial score (nSPS) is 11.4. The summed E-state index contributed by atoms with van der Waals surface area (Å²) in [5, 5.41) is 15.2. The Hall–Kier alpha value is -4.27. The van der Waals surface area contributed by atoms with E-state index < -0.39 is 17.9 Å². The number of nitrogens with zero attached hydrogens (tertiary/aromatic N) is 2. The van der Waals surface area contributed by atoms with E-state index >= 15 is 0 Å². The number of carboxylic acid groups (broad SMARTS) is 1. The fraction of sp³-hybridized carbons (Fsp3) is 0.138. The number of urea groups is 1. The number of aliphatic carboxylic acids is 1. The van der Waals surface area contributed by atoms with Gasteiger partial charge in [-0.25, -0.2) is 14.8 Å². The summed E-state index contributed by atoms with van der Waals surface area (Å²) < 4.78 is 0. The number of hydrogen-bond donors (Lipinski definition) is 3. The Balaban J connectivity index is 1.34. The van der Waals surface area contributed by atoms with Crippen molar-refractivity contribution in [2.24, 2.45) is 5.92 Å². The minimum absolute atomic E-state index is 0.0759. The molecule has 2 amide bonds. The molecule has 1 aromatic heterocycles. The Kier molecular flexibility index (Phi) is 9.25. The van der Waals surface area contributed by atoms with Gasteiger partial charge in [-0.15, -0.1) is 0 Å². The van der Waals surface area contributed by atoms with Gasteiger partial charge in [0.1, 0.15) is 0 Å². The van der Waals surface area contributed by atoms with Crippen LogP contribution in [-0.4, -0.2) is 32.9 Å². The van der Waals surface area contributed by atoms with Crippen LogP contribution in [0.4, 0.5) is 16.4 Å². The summed E-state index contributed by atoms with van der Waals surface area (Å²) in [6.07, 6.45) is 3.97. The van der Waals surface area contributed by atoms with Gasteiger partial charge in [0.25, 0.3) is 0 Å². The summed E-state index contributed by atoms with van der Waals surface area (Å²) in [5.74, 6) is -1.90. The fourth-order valence-corrected chi connectivity index (χ4v) is 4.23. The van der Waals surface area contributed by atoms with Crippen LogP contribution < -0.4 is 10.6 Å². The quantitative estimate of drug-likeness (QED) is 0.179. The number of carbonyl (C=O) groups is 3. The molecule has 0 fully saturated rings. The van der Waals surface area contributed by atoms with Crippen molar-refractivity contribution in [1.29, 1.82) is 0 Å². The van der Waals surface area contributed by atoms with Crippen LogP contribution in [-0.2, 0) is 11.2 Å². The molecule has 1 heterocycles. The molecule has 0 spiro atoms. The van der Waals surface area contributed by atoms with Gasteiger partial charge >= 0.3 is 12.0 Å². The summed E-state index contributed by atoms with van der Waals surface area (Å²) in [4.78, 5) is 45.1. The van der Waals surface area contributed by atoms with Crippen molar-refractivity contribution in [1.82, 2.24) is 9.97 Å². The first-order valence-electron chi connectivity index (χ1n) is 12.0. The number of aryl methyl sites for hydroxylation is 1. The molecule has 1 atom stereocenters. The van der Waals surface area contributed by atoms with Gasteiger partial charge in [0.15, 0.2) is 5.78 Å². The summed E-state index contributed by atoms with van der Waals surface area (Å²) in [6, 6.07) is 20.7. The minimum atomic E-state index is -0.980. The number of carboxylic acids is 1. The van der Waals surface area contributed by atoms with E-state index in [1.54, 1.807) is 42.5 Å². The van der Waals surface area contributed by atoms with Crippen molar-refractivity contribution in [2.75, 3.05) is 10.6 Å². The standard InChI is InChI=1S/C29H24Cl2N4O4/c30-23-7-4-8-24(26(23)31)34-29(39)35-28-32-16-22(17-33-28)19-11-13-20(14-12-19)25(36)15-21(27(37)38)10-9-18-5-2-1-3-6-18/h1-8,11-14,16-17,21H,9-10,15H2,(H,37,38)(H2,32,33,34,35,39). The van der Waals surface area contributed by atoms with Crippen LogP contribution in [0.2, 0.25) is 10.0 Å². The molecule has 3 aromatic carbocycles. The number of aromatic nitrogens is 2. The second-order valence-electron chi connectivity index (χ2n) is 8.74. The fourth-order valence-electron chi connectivity index (χ4n) is 3.89. The van der Waals surface area contributed by atoms with E-state index in [0.717, 1.165) is 11.1 Å². The van der Waals surface area contributed by atoms with E-state index in [9.17, 15) is 19.5 Å². The lowest BCUT2D eigenvalue weighted by Crippen LogP contribution is -2.21. The lowest BCUT2D eigenvalue weighted by Gasteiger charge is -2.12. The lowest BCUT2D eigenvalue weighted by atomic mass is 9.92. The number of nitrogens with one attached hydrogen (secondary N) is 2. The maximum Gasteiger partial charge on any atom is 0.326 e. The third-order valence-corrected chi connectivity index (χ3v) is 6.84. The summed E-state index contributed by atoms with van der Waals surface area (Å²) in [7, 11) is 0. The second kappa shape index (κ2) is 13.0. The van der Waals surface area contributed by atoms with E-state index in [4.69, 9.17) is 23.2 Å². The van der Waals surface area contributed by atoms with E-state index in [2.05, 4.69) is 20.6 Å². The maximum absolute atomic E-state index is 12.8. The molecule has 0 radical (unpaired) electrons. The first kappa shape index (κ1) is 27.8. The molecule has 198 valence electrons. The number of anilines is 2. The van der Waals surface area contributed by atoms with Crippen LogP contribution in [0.5, 0.6) is 0 Å². The molecular formula is C29H24Cl2N4O4. The highest BCUT2D eigenvalue weighted by molar-refractivity contribution is 6.44. The molecule has 8 nitrogen and oxygen atoms in total. The molecule has 10 heteroatoms. The molecule has 0 aliphatic carbocycles. The SMILES string of the molecule is O=C(Nc1ncc(-c2ccc(C(=O)CC(CCc3ccccc3)C(=O)O)cc2)cn1)Nc1cccc(Cl)c1Cl. The predicted molar refractivity (Wildman–Crippen MR) is 151 cm³/mol. The summed E-state index contributed by atoms with van der Waals surface area (Å²) in [5.41, 5.74) is 3.24. The lowest BCUT2D eigenvalue weighted by molar-refractivity contribution is -0.141.